The lowest BCUT2D eigenvalue weighted by Crippen LogP contribution is -2.32. The molecular weight excluding hydrogens is 298 g/mol. The molecule has 1 aromatic carbocycles. The lowest BCUT2D eigenvalue weighted by atomic mass is 9.81. The molecule has 0 spiro atoms. The number of hydrogen-bond acceptors (Lipinski definition) is 3. The zero-order valence-electron chi connectivity index (χ0n) is 13.2. The van der Waals surface area contributed by atoms with Crippen LogP contribution in [0.5, 0.6) is 0 Å². The number of Topliss-reactive ketones (excluding diaryl/α,β-unsaturated/α-hetero) is 1. The summed E-state index contributed by atoms with van der Waals surface area (Å²) in [7, 11) is -3.47. The van der Waals surface area contributed by atoms with Crippen molar-refractivity contribution < 1.29 is 13.2 Å². The predicted octanol–water partition coefficient (Wildman–Crippen LogP) is 2.68. The van der Waals surface area contributed by atoms with Crippen molar-refractivity contribution in [3.05, 3.63) is 41.5 Å². The third kappa shape index (κ3) is 2.42. The third-order valence-electron chi connectivity index (χ3n) is 5.00. The van der Waals surface area contributed by atoms with Crippen LogP contribution in [0.25, 0.3) is 0 Å². The van der Waals surface area contributed by atoms with E-state index >= 15 is 0 Å². The summed E-state index contributed by atoms with van der Waals surface area (Å²) in [5.74, 6) is 0.209. The number of aryl methyl sites for hydroxylation is 1. The molecule has 1 fully saturated rings. The van der Waals surface area contributed by atoms with Crippen LogP contribution in [0, 0.1) is 12.8 Å². The Bertz CT molecular complexity index is 749. The maximum absolute atomic E-state index is 12.7. The molecule has 1 heterocycles. The molecule has 0 amide bonds. The first-order valence-corrected chi connectivity index (χ1v) is 8.98. The van der Waals surface area contributed by atoms with Gasteiger partial charge in [0.15, 0.2) is 5.78 Å². The second-order valence-electron chi connectivity index (χ2n) is 6.63. The molecule has 0 bridgehead atoms. The highest BCUT2D eigenvalue weighted by Crippen LogP contribution is 2.47. The first-order chi connectivity index (χ1) is 10.2. The average Bonchev–Trinajstić information content (AvgIpc) is 3.17. The molecule has 0 N–H and O–H groups in total. The molecule has 3 rings (SSSR count). The summed E-state index contributed by atoms with van der Waals surface area (Å²) < 4.78 is 27.0. The SMILES string of the molecule is CC1=CC[C@@H](C2(C)CN2S(=O)(=O)c2ccc(C)cc2)CC1=O. The number of benzene rings is 1. The minimum Gasteiger partial charge on any atom is -0.295 e. The summed E-state index contributed by atoms with van der Waals surface area (Å²) in [4.78, 5) is 12.2. The molecule has 0 saturated carbocycles. The Morgan fingerprint density at radius 1 is 1.18 bits per heavy atom. The quantitative estimate of drug-likeness (QED) is 0.805. The van der Waals surface area contributed by atoms with Crippen molar-refractivity contribution in [1.29, 1.82) is 0 Å². The average molecular weight is 319 g/mol. The highest BCUT2D eigenvalue weighted by molar-refractivity contribution is 7.89. The second-order valence-corrected chi connectivity index (χ2v) is 8.49. The summed E-state index contributed by atoms with van der Waals surface area (Å²) in [6, 6.07) is 6.92. The van der Waals surface area contributed by atoms with Crippen molar-refractivity contribution in [3.8, 4) is 0 Å². The Morgan fingerprint density at radius 3 is 2.41 bits per heavy atom. The summed E-state index contributed by atoms with van der Waals surface area (Å²) >= 11 is 0. The van der Waals surface area contributed by atoms with Crippen molar-refractivity contribution in [2.75, 3.05) is 6.54 Å². The molecule has 5 heteroatoms. The predicted molar refractivity (Wildman–Crippen MR) is 85.0 cm³/mol. The fourth-order valence-corrected chi connectivity index (χ4v) is 5.02. The van der Waals surface area contributed by atoms with E-state index < -0.39 is 15.6 Å². The van der Waals surface area contributed by atoms with Crippen molar-refractivity contribution in [3.63, 3.8) is 0 Å². The van der Waals surface area contributed by atoms with Gasteiger partial charge in [0.2, 0.25) is 10.0 Å². The highest BCUT2D eigenvalue weighted by Gasteiger charge is 2.59. The van der Waals surface area contributed by atoms with Gasteiger partial charge >= 0.3 is 0 Å². The fraction of sp³-hybridized carbons (Fsp3) is 0.471. The van der Waals surface area contributed by atoms with E-state index in [4.69, 9.17) is 0 Å². The normalized spacial score (nSPS) is 31.8. The molecule has 2 unspecified atom stereocenters. The zero-order valence-corrected chi connectivity index (χ0v) is 14.0. The first-order valence-electron chi connectivity index (χ1n) is 7.54. The van der Waals surface area contributed by atoms with Crippen LogP contribution in [0.2, 0.25) is 0 Å². The number of carbonyl (C=O) groups is 1. The minimum atomic E-state index is -3.47. The van der Waals surface area contributed by atoms with Crippen LogP contribution < -0.4 is 0 Å². The zero-order chi connectivity index (χ0) is 16.1. The third-order valence-corrected chi connectivity index (χ3v) is 6.99. The van der Waals surface area contributed by atoms with Crippen LogP contribution in [-0.2, 0) is 14.8 Å². The fourth-order valence-electron chi connectivity index (χ4n) is 3.16. The van der Waals surface area contributed by atoms with Crippen LogP contribution in [-0.4, -0.2) is 30.6 Å². The molecule has 4 nitrogen and oxygen atoms in total. The lowest BCUT2D eigenvalue weighted by Gasteiger charge is -2.26. The Labute approximate surface area is 131 Å². The van der Waals surface area contributed by atoms with Gasteiger partial charge in [-0.05, 0) is 50.8 Å². The van der Waals surface area contributed by atoms with E-state index in [9.17, 15) is 13.2 Å². The highest BCUT2D eigenvalue weighted by atomic mass is 32.2. The Morgan fingerprint density at radius 2 is 1.82 bits per heavy atom. The van der Waals surface area contributed by atoms with Crippen molar-refractivity contribution >= 4 is 15.8 Å². The van der Waals surface area contributed by atoms with Gasteiger partial charge in [-0.1, -0.05) is 23.8 Å². The van der Waals surface area contributed by atoms with Gasteiger partial charge in [-0.3, -0.25) is 4.79 Å². The summed E-state index contributed by atoms with van der Waals surface area (Å²) in [6.07, 6.45) is 3.16. The van der Waals surface area contributed by atoms with Gasteiger partial charge in [-0.2, -0.15) is 4.31 Å². The number of ketones is 1. The molecule has 3 atom stereocenters. The molecular formula is C17H21NO3S. The van der Waals surface area contributed by atoms with Gasteiger partial charge in [0.1, 0.15) is 0 Å². The number of carbonyl (C=O) groups excluding carboxylic acids is 1. The van der Waals surface area contributed by atoms with Crippen molar-refractivity contribution in [1.82, 2.24) is 4.31 Å². The lowest BCUT2D eigenvalue weighted by molar-refractivity contribution is -0.117. The van der Waals surface area contributed by atoms with E-state index in [1.54, 1.807) is 12.1 Å². The van der Waals surface area contributed by atoms with E-state index in [2.05, 4.69) is 0 Å². The minimum absolute atomic E-state index is 0.0731. The molecule has 1 aromatic rings. The van der Waals surface area contributed by atoms with Gasteiger partial charge in [0.25, 0.3) is 0 Å². The van der Waals surface area contributed by atoms with Crippen molar-refractivity contribution in [2.24, 2.45) is 5.92 Å². The molecule has 1 saturated heterocycles. The smallest absolute Gasteiger partial charge is 0.243 e. The van der Waals surface area contributed by atoms with E-state index in [-0.39, 0.29) is 11.7 Å². The van der Waals surface area contributed by atoms with Gasteiger partial charge in [0, 0.05) is 13.0 Å². The number of nitrogens with zero attached hydrogens (tertiary/aromatic N) is 1. The van der Waals surface area contributed by atoms with E-state index in [0.29, 0.717) is 17.9 Å². The molecule has 2 aliphatic rings. The monoisotopic (exact) mass is 319 g/mol. The largest absolute Gasteiger partial charge is 0.295 e. The number of rotatable bonds is 3. The summed E-state index contributed by atoms with van der Waals surface area (Å²) in [6.45, 7) is 6.20. The van der Waals surface area contributed by atoms with Crippen molar-refractivity contribution in [2.45, 2.75) is 44.0 Å². The molecule has 0 radical (unpaired) electrons. The number of allylic oxidation sites excluding steroid dienone is 2. The van der Waals surface area contributed by atoms with Gasteiger partial charge in [0.05, 0.1) is 10.4 Å². The molecule has 22 heavy (non-hydrogen) atoms. The molecule has 118 valence electrons. The van der Waals surface area contributed by atoms with Crippen LogP contribution in [0.4, 0.5) is 0 Å². The summed E-state index contributed by atoms with van der Waals surface area (Å²) in [5.41, 5.74) is 1.40. The van der Waals surface area contributed by atoms with Gasteiger partial charge in [-0.25, -0.2) is 8.42 Å². The topological polar surface area (TPSA) is 54.2 Å². The van der Waals surface area contributed by atoms with Crippen LogP contribution in [0.1, 0.15) is 32.3 Å². The van der Waals surface area contributed by atoms with Gasteiger partial charge in [-0.15, -0.1) is 0 Å². The maximum Gasteiger partial charge on any atom is 0.243 e. The van der Waals surface area contributed by atoms with E-state index in [1.807, 2.05) is 39.0 Å². The number of sulfonamides is 1. The summed E-state index contributed by atoms with van der Waals surface area (Å²) in [5, 5.41) is 0. The van der Waals surface area contributed by atoms with Crippen LogP contribution >= 0.6 is 0 Å². The van der Waals surface area contributed by atoms with E-state index in [0.717, 1.165) is 17.6 Å². The molecule has 1 aliphatic carbocycles. The Balaban J connectivity index is 1.83. The Hall–Kier alpha value is -1.46. The number of hydrogen-bond donors (Lipinski definition) is 0. The van der Waals surface area contributed by atoms with Crippen LogP contribution in [0.3, 0.4) is 0 Å². The van der Waals surface area contributed by atoms with Crippen LogP contribution in [0.15, 0.2) is 40.8 Å². The Kier molecular flexibility index (Phi) is 3.53. The second kappa shape index (κ2) is 5.03. The molecule has 1 aliphatic heterocycles. The first kappa shape index (κ1) is 15.4. The molecule has 0 aromatic heterocycles. The maximum atomic E-state index is 12.7. The van der Waals surface area contributed by atoms with E-state index in [1.165, 1.54) is 4.31 Å². The standard InChI is InChI=1S/C17H21NO3S/c1-12-4-8-15(9-5-12)22(20,21)18-11-17(18,3)14-7-6-13(2)16(19)10-14/h4-6,8-9,14H,7,10-11H2,1-3H3/t14-,17?,18?/m1/s1. The van der Waals surface area contributed by atoms with Gasteiger partial charge < -0.3 is 0 Å².